The van der Waals surface area contributed by atoms with Crippen LogP contribution in [0.1, 0.15) is 0 Å². The molecule has 8 nitrogen and oxygen atoms in total. The molecule has 0 bridgehead atoms. The number of anilines is 3. The Balaban J connectivity index is 1.71. The van der Waals surface area contributed by atoms with Crippen molar-refractivity contribution in [3.8, 4) is 11.5 Å². The van der Waals surface area contributed by atoms with Crippen LogP contribution >= 0.6 is 11.6 Å². The zero-order valence-corrected chi connectivity index (χ0v) is 19.9. The van der Waals surface area contributed by atoms with Gasteiger partial charge in [0.2, 0.25) is 5.91 Å². The van der Waals surface area contributed by atoms with E-state index >= 15 is 0 Å². The summed E-state index contributed by atoms with van der Waals surface area (Å²) in [6.45, 7) is -0.105. The van der Waals surface area contributed by atoms with E-state index in [1.807, 2.05) is 6.07 Å². The molecule has 0 aromatic heterocycles. The molecule has 0 aliphatic rings. The Labute approximate surface area is 198 Å². The van der Waals surface area contributed by atoms with Gasteiger partial charge in [-0.1, -0.05) is 35.9 Å². The molecule has 0 spiro atoms. The highest BCUT2D eigenvalue weighted by molar-refractivity contribution is 7.92. The first-order valence-electron chi connectivity index (χ1n) is 9.85. The second-order valence-corrected chi connectivity index (χ2v) is 9.30. The molecule has 33 heavy (non-hydrogen) atoms. The van der Waals surface area contributed by atoms with Gasteiger partial charge in [-0.05, 0) is 30.3 Å². The fourth-order valence-electron chi connectivity index (χ4n) is 3.04. The zero-order chi connectivity index (χ0) is 24.0. The number of carbonyl (C=O) groups is 1. The van der Waals surface area contributed by atoms with Crippen LogP contribution in [0.5, 0.6) is 11.5 Å². The topological polar surface area (TPSA) is 97.0 Å². The molecule has 0 saturated heterocycles. The first-order valence-corrected chi connectivity index (χ1v) is 11.7. The number of hydrogen-bond donors (Lipinski definition) is 2. The van der Waals surface area contributed by atoms with Crippen molar-refractivity contribution in [1.82, 2.24) is 0 Å². The highest BCUT2D eigenvalue weighted by Crippen LogP contribution is 2.35. The van der Waals surface area contributed by atoms with Crippen LogP contribution in [0.3, 0.4) is 0 Å². The summed E-state index contributed by atoms with van der Waals surface area (Å²) >= 11 is 6.09. The van der Waals surface area contributed by atoms with Gasteiger partial charge in [-0.25, -0.2) is 8.42 Å². The number of amides is 1. The van der Waals surface area contributed by atoms with Crippen molar-refractivity contribution in [2.45, 2.75) is 4.90 Å². The molecule has 10 heteroatoms. The lowest BCUT2D eigenvalue weighted by atomic mass is 10.2. The molecule has 0 saturated carbocycles. The quantitative estimate of drug-likeness (QED) is 0.467. The Bertz CT molecular complexity index is 1240. The van der Waals surface area contributed by atoms with Crippen LogP contribution in [0.4, 0.5) is 17.1 Å². The summed E-state index contributed by atoms with van der Waals surface area (Å²) in [5.41, 5.74) is 1.42. The van der Waals surface area contributed by atoms with Gasteiger partial charge >= 0.3 is 0 Å². The molecule has 3 aromatic rings. The van der Waals surface area contributed by atoms with Gasteiger partial charge in [-0.2, -0.15) is 0 Å². The van der Waals surface area contributed by atoms with Gasteiger partial charge in [-0.15, -0.1) is 0 Å². The van der Waals surface area contributed by atoms with Crippen LogP contribution in [0.15, 0.2) is 71.6 Å². The number of nitrogens with one attached hydrogen (secondary N) is 2. The second kappa shape index (κ2) is 10.5. The summed E-state index contributed by atoms with van der Waals surface area (Å²) in [5, 5.41) is 6.02. The average molecular weight is 490 g/mol. The van der Waals surface area contributed by atoms with Gasteiger partial charge in [0, 0.05) is 24.9 Å². The number of ether oxygens (including phenoxy) is 2. The molecular weight excluding hydrogens is 466 g/mol. The Morgan fingerprint density at radius 3 is 2.33 bits per heavy atom. The number of carbonyl (C=O) groups excluding carboxylic acids is 1. The molecule has 0 fully saturated rings. The number of methoxy groups -OCH3 is 2. The molecule has 0 unspecified atom stereocenters. The summed E-state index contributed by atoms with van der Waals surface area (Å²) in [4.78, 5) is 12.6. The molecule has 0 heterocycles. The van der Waals surface area contributed by atoms with Crippen molar-refractivity contribution in [2.75, 3.05) is 42.8 Å². The molecule has 174 valence electrons. The Kier molecular flexibility index (Phi) is 7.67. The third-order valence-corrected chi connectivity index (χ3v) is 6.89. The lowest BCUT2D eigenvalue weighted by Gasteiger charge is -2.20. The predicted molar refractivity (Wildman–Crippen MR) is 130 cm³/mol. The van der Waals surface area contributed by atoms with E-state index in [9.17, 15) is 13.2 Å². The van der Waals surface area contributed by atoms with E-state index in [-0.39, 0.29) is 17.3 Å². The number of hydrogen-bond acceptors (Lipinski definition) is 6. The minimum atomic E-state index is -3.77. The van der Waals surface area contributed by atoms with Gasteiger partial charge in [0.05, 0.1) is 42.1 Å². The van der Waals surface area contributed by atoms with E-state index in [0.29, 0.717) is 33.6 Å². The van der Waals surface area contributed by atoms with E-state index in [2.05, 4.69) is 10.6 Å². The van der Waals surface area contributed by atoms with Crippen LogP contribution in [0.25, 0.3) is 0 Å². The molecule has 3 aromatic carbocycles. The number of nitrogens with zero attached hydrogens (tertiary/aromatic N) is 1. The Morgan fingerprint density at radius 2 is 1.67 bits per heavy atom. The summed E-state index contributed by atoms with van der Waals surface area (Å²) in [6, 6.07) is 18.2. The summed E-state index contributed by atoms with van der Waals surface area (Å²) in [7, 11) is 0.652. The third kappa shape index (κ3) is 5.68. The lowest BCUT2D eigenvalue weighted by Crippen LogP contribution is -2.26. The Morgan fingerprint density at radius 1 is 0.970 bits per heavy atom. The number of para-hydroxylation sites is 1. The van der Waals surface area contributed by atoms with Crippen molar-refractivity contribution in [3.63, 3.8) is 0 Å². The van der Waals surface area contributed by atoms with E-state index in [1.165, 1.54) is 37.7 Å². The summed E-state index contributed by atoms with van der Waals surface area (Å²) in [5.74, 6) is 0.402. The van der Waals surface area contributed by atoms with Crippen LogP contribution < -0.4 is 24.4 Å². The summed E-state index contributed by atoms with van der Waals surface area (Å²) < 4.78 is 37.6. The smallest absolute Gasteiger partial charge is 0.264 e. The van der Waals surface area contributed by atoms with Gasteiger partial charge in [-0.3, -0.25) is 9.10 Å². The van der Waals surface area contributed by atoms with E-state index in [4.69, 9.17) is 21.1 Å². The van der Waals surface area contributed by atoms with Crippen molar-refractivity contribution < 1.29 is 22.7 Å². The van der Waals surface area contributed by atoms with Crippen molar-refractivity contribution >= 4 is 44.6 Å². The fourth-order valence-corrected chi connectivity index (χ4v) is 4.51. The highest BCUT2D eigenvalue weighted by atomic mass is 35.5. The number of halogens is 1. The SMILES string of the molecule is COc1cc(NC(=O)CNc2cccc(S(=O)(=O)N(C)c3ccccc3)c2)c(OC)cc1Cl. The van der Waals surface area contributed by atoms with Crippen LogP contribution in [0, 0.1) is 0 Å². The molecule has 0 aliphatic carbocycles. The molecule has 2 N–H and O–H groups in total. The van der Waals surface area contributed by atoms with E-state index in [1.54, 1.807) is 48.5 Å². The van der Waals surface area contributed by atoms with Crippen LogP contribution in [-0.2, 0) is 14.8 Å². The van der Waals surface area contributed by atoms with Gasteiger partial charge < -0.3 is 20.1 Å². The Hall–Kier alpha value is -3.43. The third-order valence-electron chi connectivity index (χ3n) is 4.81. The van der Waals surface area contributed by atoms with Gasteiger partial charge in [0.1, 0.15) is 11.5 Å². The standard InChI is InChI=1S/C23H24ClN3O5S/c1-27(17-9-5-4-6-10-17)33(29,30)18-11-7-8-16(12-18)25-15-23(28)26-20-14-21(31-2)19(24)13-22(20)32-3/h4-14,25H,15H2,1-3H3,(H,26,28). The first-order chi connectivity index (χ1) is 15.8. The van der Waals surface area contributed by atoms with Crippen molar-refractivity contribution in [2.24, 2.45) is 0 Å². The maximum absolute atomic E-state index is 13.0. The lowest BCUT2D eigenvalue weighted by molar-refractivity contribution is -0.114. The predicted octanol–water partition coefficient (Wildman–Crippen LogP) is 4.23. The number of sulfonamides is 1. The average Bonchev–Trinajstić information content (AvgIpc) is 2.83. The first kappa shape index (κ1) is 24.2. The molecular formula is C23H24ClN3O5S. The summed E-state index contributed by atoms with van der Waals surface area (Å²) in [6.07, 6.45) is 0. The maximum atomic E-state index is 13.0. The van der Waals surface area contributed by atoms with E-state index < -0.39 is 10.0 Å². The highest BCUT2D eigenvalue weighted by Gasteiger charge is 2.21. The minimum Gasteiger partial charge on any atom is -0.495 e. The van der Waals surface area contributed by atoms with Gasteiger partial charge in [0.25, 0.3) is 10.0 Å². The number of benzene rings is 3. The molecule has 1 amide bonds. The minimum absolute atomic E-state index is 0.100. The van der Waals surface area contributed by atoms with Crippen molar-refractivity contribution in [3.05, 3.63) is 71.8 Å². The van der Waals surface area contributed by atoms with Crippen LogP contribution in [0.2, 0.25) is 5.02 Å². The normalized spacial score (nSPS) is 10.9. The number of rotatable bonds is 9. The second-order valence-electron chi connectivity index (χ2n) is 6.92. The molecule has 0 radical (unpaired) electrons. The monoisotopic (exact) mass is 489 g/mol. The molecule has 3 rings (SSSR count). The molecule has 0 aliphatic heterocycles. The van der Waals surface area contributed by atoms with E-state index in [0.717, 1.165) is 0 Å². The van der Waals surface area contributed by atoms with Crippen LogP contribution in [-0.4, -0.2) is 42.1 Å². The largest absolute Gasteiger partial charge is 0.495 e. The zero-order valence-electron chi connectivity index (χ0n) is 18.3. The van der Waals surface area contributed by atoms with Gasteiger partial charge in [0.15, 0.2) is 0 Å². The maximum Gasteiger partial charge on any atom is 0.264 e. The molecule has 0 atom stereocenters. The van der Waals surface area contributed by atoms with Crippen molar-refractivity contribution in [1.29, 1.82) is 0 Å². The fraction of sp³-hybridized carbons (Fsp3) is 0.174.